The van der Waals surface area contributed by atoms with E-state index in [1.165, 1.54) is 7.05 Å². The second-order valence-corrected chi connectivity index (χ2v) is 6.24. The Balaban J connectivity index is 2.45. The maximum atomic E-state index is 12.0. The fourth-order valence-electron chi connectivity index (χ4n) is 2.28. The molecule has 19 heavy (non-hydrogen) atoms. The van der Waals surface area contributed by atoms with E-state index in [0.29, 0.717) is 4.90 Å². The Bertz CT molecular complexity index is 870. The van der Waals surface area contributed by atoms with Crippen molar-refractivity contribution in [3.8, 4) is 0 Å². The van der Waals surface area contributed by atoms with Crippen molar-refractivity contribution in [2.24, 2.45) is 0 Å². The lowest BCUT2D eigenvalue weighted by molar-refractivity contribution is 0.589. The molecule has 0 atom stereocenters. The maximum Gasteiger partial charge on any atom is 0.240 e. The molecule has 0 saturated heterocycles. The van der Waals surface area contributed by atoms with Gasteiger partial charge >= 0.3 is 0 Å². The normalized spacial score (nSPS) is 12.1. The number of hydrogen-bond acceptors (Lipinski definition) is 2. The molecule has 3 nitrogen and oxygen atoms in total. The number of rotatable bonds is 2. The monoisotopic (exact) mass is 271 g/mol. The van der Waals surface area contributed by atoms with Crippen LogP contribution in [0.4, 0.5) is 0 Å². The summed E-state index contributed by atoms with van der Waals surface area (Å²) in [4.78, 5) is 0.318. The van der Waals surface area contributed by atoms with Gasteiger partial charge in [-0.1, -0.05) is 36.4 Å². The summed E-state index contributed by atoms with van der Waals surface area (Å²) in [5.41, 5.74) is 0. The summed E-state index contributed by atoms with van der Waals surface area (Å²) >= 11 is 0. The molecule has 1 N–H and O–H groups in total. The van der Waals surface area contributed by atoms with E-state index >= 15 is 0 Å². The van der Waals surface area contributed by atoms with Gasteiger partial charge in [0.05, 0.1) is 4.90 Å². The molecule has 0 aliphatic carbocycles. The summed E-state index contributed by atoms with van der Waals surface area (Å²) in [7, 11) is -2.02. The first-order valence-corrected chi connectivity index (χ1v) is 7.45. The van der Waals surface area contributed by atoms with E-state index in [0.717, 1.165) is 21.5 Å². The zero-order valence-electron chi connectivity index (χ0n) is 10.4. The summed E-state index contributed by atoms with van der Waals surface area (Å²) in [5, 5.41) is 3.81. The number of hydrogen-bond donors (Lipinski definition) is 1. The average Bonchev–Trinajstić information content (AvgIpc) is 2.44. The van der Waals surface area contributed by atoms with E-state index in [-0.39, 0.29) is 0 Å². The molecule has 0 aliphatic rings. The number of sulfonamides is 1. The largest absolute Gasteiger partial charge is 0.240 e. The summed E-state index contributed by atoms with van der Waals surface area (Å²) in [6, 6.07) is 17.2. The van der Waals surface area contributed by atoms with E-state index in [1.807, 2.05) is 42.5 Å². The lowest BCUT2D eigenvalue weighted by Crippen LogP contribution is -2.18. The highest BCUT2D eigenvalue weighted by Crippen LogP contribution is 2.27. The van der Waals surface area contributed by atoms with Crippen LogP contribution in [0.1, 0.15) is 0 Å². The summed E-state index contributed by atoms with van der Waals surface area (Å²) < 4.78 is 26.4. The minimum absolute atomic E-state index is 0.318. The van der Waals surface area contributed by atoms with Crippen LogP contribution < -0.4 is 4.72 Å². The molecule has 3 aromatic carbocycles. The van der Waals surface area contributed by atoms with E-state index in [9.17, 15) is 8.42 Å². The molecule has 0 unspecified atom stereocenters. The molecule has 4 heteroatoms. The van der Waals surface area contributed by atoms with Crippen molar-refractivity contribution >= 4 is 31.6 Å². The van der Waals surface area contributed by atoms with Crippen molar-refractivity contribution in [1.82, 2.24) is 4.72 Å². The smallest absolute Gasteiger partial charge is 0.214 e. The van der Waals surface area contributed by atoms with Crippen molar-refractivity contribution in [3.63, 3.8) is 0 Å². The molecule has 0 amide bonds. The van der Waals surface area contributed by atoms with Gasteiger partial charge in [-0.15, -0.1) is 0 Å². The van der Waals surface area contributed by atoms with E-state index in [4.69, 9.17) is 0 Å². The van der Waals surface area contributed by atoms with Crippen LogP contribution in [-0.4, -0.2) is 15.5 Å². The Hall–Kier alpha value is -1.91. The minimum atomic E-state index is -3.44. The van der Waals surface area contributed by atoms with Crippen LogP contribution in [0.15, 0.2) is 59.5 Å². The third kappa shape index (κ3) is 1.99. The minimum Gasteiger partial charge on any atom is -0.214 e. The first-order valence-electron chi connectivity index (χ1n) is 5.97. The molecule has 0 aromatic heterocycles. The molecule has 3 aromatic rings. The second-order valence-electron chi connectivity index (χ2n) is 4.38. The number of fused-ring (bicyclic) bond motifs is 2. The van der Waals surface area contributed by atoms with Gasteiger partial charge in [-0.05, 0) is 41.4 Å². The second kappa shape index (κ2) is 4.33. The van der Waals surface area contributed by atoms with Crippen LogP contribution in [0, 0.1) is 0 Å². The lowest BCUT2D eigenvalue weighted by Gasteiger charge is -2.08. The summed E-state index contributed by atoms with van der Waals surface area (Å²) in [5.74, 6) is 0. The van der Waals surface area contributed by atoms with Gasteiger partial charge in [0.2, 0.25) is 10.0 Å². The van der Waals surface area contributed by atoms with Gasteiger partial charge in [0.1, 0.15) is 0 Å². The SMILES string of the molecule is CNS(=O)(=O)c1cccc2cc3ccccc3cc12. The average molecular weight is 271 g/mol. The number of nitrogens with one attached hydrogen (secondary N) is 1. The van der Waals surface area contributed by atoms with Gasteiger partial charge in [0.15, 0.2) is 0 Å². The zero-order valence-corrected chi connectivity index (χ0v) is 11.2. The van der Waals surface area contributed by atoms with Crippen LogP contribution in [0.3, 0.4) is 0 Å². The van der Waals surface area contributed by atoms with Gasteiger partial charge in [0, 0.05) is 5.39 Å². The van der Waals surface area contributed by atoms with Crippen LogP contribution in [0.5, 0.6) is 0 Å². The van der Waals surface area contributed by atoms with E-state index in [1.54, 1.807) is 12.1 Å². The summed E-state index contributed by atoms with van der Waals surface area (Å²) in [6.07, 6.45) is 0. The third-order valence-corrected chi connectivity index (χ3v) is 4.74. The van der Waals surface area contributed by atoms with Gasteiger partial charge in [0.25, 0.3) is 0 Å². The van der Waals surface area contributed by atoms with E-state index < -0.39 is 10.0 Å². The molecule has 96 valence electrons. The van der Waals surface area contributed by atoms with Gasteiger partial charge in [-0.2, -0.15) is 0 Å². The highest BCUT2D eigenvalue weighted by molar-refractivity contribution is 7.89. The highest BCUT2D eigenvalue weighted by Gasteiger charge is 2.15. The lowest BCUT2D eigenvalue weighted by atomic mass is 10.0. The summed E-state index contributed by atoms with van der Waals surface area (Å²) in [6.45, 7) is 0. The Morgan fingerprint density at radius 2 is 1.47 bits per heavy atom. The van der Waals surface area contributed by atoms with Crippen molar-refractivity contribution in [2.75, 3.05) is 7.05 Å². The molecule has 0 bridgehead atoms. The van der Waals surface area contributed by atoms with Crippen LogP contribution in [-0.2, 0) is 10.0 Å². The van der Waals surface area contributed by atoms with Crippen molar-refractivity contribution in [1.29, 1.82) is 0 Å². The Kier molecular flexibility index (Phi) is 2.77. The molecular formula is C15H13NO2S. The molecule has 0 fully saturated rings. The predicted molar refractivity (Wildman–Crippen MR) is 77.7 cm³/mol. The van der Waals surface area contributed by atoms with Gasteiger partial charge in [-0.25, -0.2) is 13.1 Å². The maximum absolute atomic E-state index is 12.0. The van der Waals surface area contributed by atoms with Crippen LogP contribution in [0.25, 0.3) is 21.5 Å². The van der Waals surface area contributed by atoms with Crippen LogP contribution in [0.2, 0.25) is 0 Å². The Morgan fingerprint density at radius 3 is 2.16 bits per heavy atom. The van der Waals surface area contributed by atoms with Gasteiger partial charge < -0.3 is 0 Å². The van der Waals surface area contributed by atoms with Crippen molar-refractivity contribution < 1.29 is 8.42 Å². The molecule has 0 heterocycles. The standard InChI is InChI=1S/C15H13NO2S/c1-16-19(17,18)15-8-4-7-13-9-11-5-2-3-6-12(11)10-14(13)15/h2-10,16H,1H3. The number of benzene rings is 3. The molecular weight excluding hydrogens is 258 g/mol. The first kappa shape index (κ1) is 12.1. The Morgan fingerprint density at radius 1 is 0.842 bits per heavy atom. The third-order valence-electron chi connectivity index (χ3n) is 3.26. The van der Waals surface area contributed by atoms with Crippen LogP contribution >= 0.6 is 0 Å². The molecule has 3 rings (SSSR count). The first-order chi connectivity index (χ1) is 9.12. The molecule has 0 radical (unpaired) electrons. The zero-order chi connectivity index (χ0) is 13.5. The highest BCUT2D eigenvalue weighted by atomic mass is 32.2. The quantitative estimate of drug-likeness (QED) is 0.728. The molecule has 0 aliphatic heterocycles. The Labute approximate surface area is 111 Å². The predicted octanol–water partition coefficient (Wildman–Crippen LogP) is 2.90. The van der Waals surface area contributed by atoms with Crippen molar-refractivity contribution in [2.45, 2.75) is 4.90 Å². The topological polar surface area (TPSA) is 46.2 Å². The van der Waals surface area contributed by atoms with Crippen molar-refractivity contribution in [3.05, 3.63) is 54.6 Å². The fraction of sp³-hybridized carbons (Fsp3) is 0.0667. The molecule has 0 spiro atoms. The van der Waals surface area contributed by atoms with Gasteiger partial charge in [-0.3, -0.25) is 0 Å². The van der Waals surface area contributed by atoms with E-state index in [2.05, 4.69) is 4.72 Å². The fourth-order valence-corrected chi connectivity index (χ4v) is 3.23. The molecule has 0 saturated carbocycles.